The van der Waals surface area contributed by atoms with Gasteiger partial charge in [0.05, 0.1) is 0 Å². The molecule has 1 atom stereocenters. The van der Waals surface area contributed by atoms with E-state index in [9.17, 15) is 14.4 Å². The van der Waals surface area contributed by atoms with Crippen LogP contribution in [0.25, 0.3) is 0 Å². The van der Waals surface area contributed by atoms with Gasteiger partial charge in [-0.2, -0.15) is 0 Å². The lowest BCUT2D eigenvalue weighted by molar-refractivity contribution is -0.167. The van der Waals surface area contributed by atoms with Crippen LogP contribution in [0.3, 0.4) is 0 Å². The van der Waals surface area contributed by atoms with Crippen LogP contribution in [0.1, 0.15) is 239 Å². The summed E-state index contributed by atoms with van der Waals surface area (Å²) in [5, 5.41) is 0. The SMILES string of the molecule is CC/C=C\C/C=C\C/C=C\CCCC(=O)OCC(COC(=O)CCCCCCCCCCCCCCCCC)OC(=O)CCCCC/C=C\CCCCCCCC. The summed E-state index contributed by atoms with van der Waals surface area (Å²) in [4.78, 5) is 37.8. The van der Waals surface area contributed by atoms with Crippen molar-refractivity contribution >= 4 is 17.9 Å². The Kier molecular flexibility index (Phi) is 43.9. The van der Waals surface area contributed by atoms with Crippen molar-refractivity contribution in [1.29, 1.82) is 0 Å². The van der Waals surface area contributed by atoms with E-state index in [4.69, 9.17) is 14.2 Å². The zero-order valence-corrected chi connectivity index (χ0v) is 37.6. The maximum Gasteiger partial charge on any atom is 0.306 e. The number of ether oxygens (including phenoxy) is 3. The van der Waals surface area contributed by atoms with Crippen molar-refractivity contribution in [3.8, 4) is 0 Å². The number of hydrogen-bond donors (Lipinski definition) is 0. The van der Waals surface area contributed by atoms with Gasteiger partial charge in [-0.1, -0.05) is 198 Å². The van der Waals surface area contributed by atoms with Crippen molar-refractivity contribution in [3.63, 3.8) is 0 Å². The Morgan fingerprint density at radius 1 is 0.368 bits per heavy atom. The lowest BCUT2D eigenvalue weighted by atomic mass is 10.0. The second kappa shape index (κ2) is 46.1. The van der Waals surface area contributed by atoms with Gasteiger partial charge in [0.25, 0.3) is 0 Å². The minimum atomic E-state index is -0.796. The molecular formula is C51H90O6. The Morgan fingerprint density at radius 3 is 1.18 bits per heavy atom. The normalized spacial score (nSPS) is 12.4. The van der Waals surface area contributed by atoms with Crippen molar-refractivity contribution < 1.29 is 28.6 Å². The molecule has 0 saturated carbocycles. The topological polar surface area (TPSA) is 78.9 Å². The molecule has 0 aliphatic carbocycles. The fourth-order valence-corrected chi connectivity index (χ4v) is 6.70. The molecule has 0 aromatic heterocycles. The molecule has 0 bridgehead atoms. The Balaban J connectivity index is 4.41. The highest BCUT2D eigenvalue weighted by atomic mass is 16.6. The first-order valence-corrected chi connectivity index (χ1v) is 24.1. The summed E-state index contributed by atoms with van der Waals surface area (Å²) in [6.45, 7) is 6.45. The smallest absolute Gasteiger partial charge is 0.306 e. The fourth-order valence-electron chi connectivity index (χ4n) is 6.70. The zero-order valence-electron chi connectivity index (χ0n) is 37.6. The van der Waals surface area contributed by atoms with Crippen LogP contribution in [-0.4, -0.2) is 37.2 Å². The van der Waals surface area contributed by atoms with Gasteiger partial charge < -0.3 is 14.2 Å². The van der Waals surface area contributed by atoms with Crippen molar-refractivity contribution in [2.75, 3.05) is 13.2 Å². The van der Waals surface area contributed by atoms with Gasteiger partial charge in [0.15, 0.2) is 6.10 Å². The average Bonchev–Trinajstić information content (AvgIpc) is 3.21. The molecule has 0 aromatic rings. The first-order chi connectivity index (χ1) is 28.0. The van der Waals surface area contributed by atoms with E-state index >= 15 is 0 Å². The number of carbonyl (C=O) groups excluding carboxylic acids is 3. The summed E-state index contributed by atoms with van der Waals surface area (Å²) in [6, 6.07) is 0. The van der Waals surface area contributed by atoms with Crippen LogP contribution in [0.5, 0.6) is 0 Å². The molecule has 0 aliphatic heterocycles. The summed E-state index contributed by atoms with van der Waals surface area (Å²) in [7, 11) is 0. The Hall–Kier alpha value is -2.63. The van der Waals surface area contributed by atoms with Gasteiger partial charge in [-0.25, -0.2) is 0 Å². The molecule has 0 rings (SSSR count). The highest BCUT2D eigenvalue weighted by Gasteiger charge is 2.19. The van der Waals surface area contributed by atoms with E-state index < -0.39 is 6.10 Å². The Labute approximate surface area is 352 Å². The van der Waals surface area contributed by atoms with Crippen molar-refractivity contribution in [2.45, 2.75) is 245 Å². The van der Waals surface area contributed by atoms with Crippen molar-refractivity contribution in [1.82, 2.24) is 0 Å². The highest BCUT2D eigenvalue weighted by molar-refractivity contribution is 5.71. The first kappa shape index (κ1) is 54.4. The summed E-state index contributed by atoms with van der Waals surface area (Å²) in [5.41, 5.74) is 0. The van der Waals surface area contributed by atoms with Gasteiger partial charge in [-0.05, 0) is 70.6 Å². The average molecular weight is 799 g/mol. The molecule has 0 fully saturated rings. The highest BCUT2D eigenvalue weighted by Crippen LogP contribution is 2.15. The lowest BCUT2D eigenvalue weighted by Gasteiger charge is -2.18. The second-order valence-corrected chi connectivity index (χ2v) is 16.0. The number of hydrogen-bond acceptors (Lipinski definition) is 6. The number of carbonyl (C=O) groups is 3. The van der Waals surface area contributed by atoms with Crippen molar-refractivity contribution in [3.05, 3.63) is 48.6 Å². The molecule has 57 heavy (non-hydrogen) atoms. The third-order valence-corrected chi connectivity index (χ3v) is 10.3. The molecule has 0 spiro atoms. The lowest BCUT2D eigenvalue weighted by Crippen LogP contribution is -2.30. The monoisotopic (exact) mass is 799 g/mol. The standard InChI is InChI=1S/C51H90O6/c1-4-7-10-13-16-19-22-24-25-27-29-32-35-38-41-44-50(53)56-47-48(46-55-49(52)43-40-37-34-31-28-21-18-15-12-9-6-3)57-51(54)45-42-39-36-33-30-26-23-20-17-14-11-8-5-2/h9,12,18,21,26,30-31,34,48H,4-8,10-11,13-17,19-20,22-25,27-29,32-33,35-47H2,1-3H3/b12-9-,21-18-,30-26-,34-31-. The summed E-state index contributed by atoms with van der Waals surface area (Å²) < 4.78 is 16.7. The molecule has 0 radical (unpaired) electrons. The van der Waals surface area contributed by atoms with Gasteiger partial charge in [0, 0.05) is 19.3 Å². The van der Waals surface area contributed by atoms with Crippen LogP contribution < -0.4 is 0 Å². The minimum Gasteiger partial charge on any atom is -0.462 e. The number of esters is 3. The van der Waals surface area contributed by atoms with Gasteiger partial charge >= 0.3 is 17.9 Å². The quantitative estimate of drug-likeness (QED) is 0.0265. The maximum atomic E-state index is 12.7. The third kappa shape index (κ3) is 44.3. The predicted octanol–water partition coefficient (Wildman–Crippen LogP) is 15.5. The van der Waals surface area contributed by atoms with Gasteiger partial charge in [0.2, 0.25) is 0 Å². The van der Waals surface area contributed by atoms with Crippen molar-refractivity contribution in [2.24, 2.45) is 0 Å². The second-order valence-electron chi connectivity index (χ2n) is 16.0. The van der Waals surface area contributed by atoms with E-state index in [1.807, 2.05) is 0 Å². The summed E-state index contributed by atoms with van der Waals surface area (Å²) >= 11 is 0. The third-order valence-electron chi connectivity index (χ3n) is 10.3. The fraction of sp³-hybridized carbons (Fsp3) is 0.784. The Morgan fingerprint density at radius 2 is 0.702 bits per heavy atom. The van der Waals surface area contributed by atoms with Crippen LogP contribution in [0.15, 0.2) is 48.6 Å². The molecule has 0 saturated heterocycles. The summed E-state index contributed by atoms with van der Waals surface area (Å²) in [5.74, 6) is -0.963. The molecule has 0 aliphatic rings. The van der Waals surface area contributed by atoms with E-state index in [0.717, 1.165) is 77.0 Å². The number of unbranched alkanes of at least 4 members (excludes halogenated alkanes) is 24. The van der Waals surface area contributed by atoms with E-state index in [2.05, 4.69) is 69.4 Å². The van der Waals surface area contributed by atoms with Crippen LogP contribution in [0.2, 0.25) is 0 Å². The van der Waals surface area contributed by atoms with E-state index in [1.165, 1.54) is 116 Å². The molecule has 1 unspecified atom stereocenters. The minimum absolute atomic E-state index is 0.0928. The van der Waals surface area contributed by atoms with Crippen LogP contribution in [0, 0.1) is 0 Å². The maximum absolute atomic E-state index is 12.7. The Bertz CT molecular complexity index is 1010. The van der Waals surface area contributed by atoms with Crippen LogP contribution in [0.4, 0.5) is 0 Å². The first-order valence-electron chi connectivity index (χ1n) is 24.1. The van der Waals surface area contributed by atoms with Gasteiger partial charge in [0.1, 0.15) is 13.2 Å². The van der Waals surface area contributed by atoms with E-state index in [0.29, 0.717) is 19.3 Å². The summed E-state index contributed by atoms with van der Waals surface area (Å²) in [6.07, 6.45) is 53.9. The van der Waals surface area contributed by atoms with E-state index in [-0.39, 0.29) is 37.5 Å². The molecule has 6 heteroatoms. The van der Waals surface area contributed by atoms with Crippen LogP contribution >= 0.6 is 0 Å². The zero-order chi connectivity index (χ0) is 41.5. The largest absolute Gasteiger partial charge is 0.462 e. The molecule has 330 valence electrons. The molecule has 6 nitrogen and oxygen atoms in total. The van der Waals surface area contributed by atoms with E-state index in [1.54, 1.807) is 0 Å². The van der Waals surface area contributed by atoms with Gasteiger partial charge in [-0.3, -0.25) is 14.4 Å². The molecule has 0 amide bonds. The molecule has 0 heterocycles. The molecule has 0 N–H and O–H groups in total. The number of allylic oxidation sites excluding steroid dienone is 8. The predicted molar refractivity (Wildman–Crippen MR) is 242 cm³/mol. The molecule has 0 aromatic carbocycles. The molecular weight excluding hydrogens is 709 g/mol. The van der Waals surface area contributed by atoms with Crippen LogP contribution in [-0.2, 0) is 28.6 Å². The van der Waals surface area contributed by atoms with Gasteiger partial charge in [-0.15, -0.1) is 0 Å². The number of rotatable bonds is 43.